The van der Waals surface area contributed by atoms with Gasteiger partial charge >= 0.3 is 0 Å². The second-order valence-corrected chi connectivity index (χ2v) is 6.66. The first-order valence-electron chi connectivity index (χ1n) is 6.22. The molecule has 1 heterocycles. The minimum Gasteiger partial charge on any atom is -0.497 e. The lowest BCUT2D eigenvalue weighted by molar-refractivity contribution is 0.391. The summed E-state index contributed by atoms with van der Waals surface area (Å²) in [6.45, 7) is 2.31. The zero-order chi connectivity index (χ0) is 13.2. The summed E-state index contributed by atoms with van der Waals surface area (Å²) in [6.07, 6.45) is 1.80. The van der Waals surface area contributed by atoms with Crippen LogP contribution in [0.1, 0.15) is 31.4 Å². The highest BCUT2D eigenvalue weighted by molar-refractivity contribution is 7.89. The van der Waals surface area contributed by atoms with Crippen molar-refractivity contribution in [2.45, 2.75) is 25.8 Å². The zero-order valence-corrected chi connectivity index (χ0v) is 11.6. The molecular formula is C13H19NO3S. The molecule has 18 heavy (non-hydrogen) atoms. The van der Waals surface area contributed by atoms with E-state index in [9.17, 15) is 8.42 Å². The third-order valence-electron chi connectivity index (χ3n) is 3.40. The second-order valence-electron chi connectivity index (χ2n) is 4.45. The van der Waals surface area contributed by atoms with E-state index in [0.29, 0.717) is 6.54 Å². The Morgan fingerprint density at radius 2 is 2.22 bits per heavy atom. The fraction of sp³-hybridized carbons (Fsp3) is 0.538. The molecule has 0 amide bonds. The lowest BCUT2D eigenvalue weighted by Crippen LogP contribution is -2.31. The van der Waals surface area contributed by atoms with Crippen molar-refractivity contribution in [3.8, 4) is 5.75 Å². The maximum absolute atomic E-state index is 12.0. The third-order valence-corrected chi connectivity index (χ3v) is 5.29. The minimum absolute atomic E-state index is 0.0370. The van der Waals surface area contributed by atoms with Crippen LogP contribution in [0.15, 0.2) is 24.3 Å². The molecule has 100 valence electrons. The Kier molecular flexibility index (Phi) is 3.92. The van der Waals surface area contributed by atoms with E-state index < -0.39 is 10.0 Å². The van der Waals surface area contributed by atoms with E-state index in [-0.39, 0.29) is 11.8 Å². The monoisotopic (exact) mass is 269 g/mol. The molecule has 0 aromatic heterocycles. The summed E-state index contributed by atoms with van der Waals surface area (Å²) in [5, 5.41) is 0. The fourth-order valence-electron chi connectivity index (χ4n) is 2.42. The maximum Gasteiger partial charge on any atom is 0.214 e. The van der Waals surface area contributed by atoms with Gasteiger partial charge in [-0.25, -0.2) is 8.42 Å². The minimum atomic E-state index is -3.12. The Hall–Kier alpha value is -1.07. The standard InChI is InChI=1S/C13H19NO3S/c1-3-18(15,16)14-9-5-8-13(14)11-6-4-7-12(10-11)17-2/h4,6-7,10,13H,3,5,8-9H2,1-2H3. The van der Waals surface area contributed by atoms with Crippen molar-refractivity contribution in [2.24, 2.45) is 0 Å². The summed E-state index contributed by atoms with van der Waals surface area (Å²) < 4.78 is 30.9. The SMILES string of the molecule is CCS(=O)(=O)N1CCCC1c1cccc(OC)c1. The topological polar surface area (TPSA) is 46.6 Å². The molecule has 0 spiro atoms. The van der Waals surface area contributed by atoms with Gasteiger partial charge in [0, 0.05) is 12.6 Å². The molecule has 0 N–H and O–H groups in total. The van der Waals surface area contributed by atoms with Gasteiger partial charge in [-0.3, -0.25) is 0 Å². The first-order valence-corrected chi connectivity index (χ1v) is 7.83. The number of nitrogens with zero attached hydrogens (tertiary/aromatic N) is 1. The Morgan fingerprint density at radius 1 is 1.44 bits per heavy atom. The largest absolute Gasteiger partial charge is 0.497 e. The molecule has 1 aliphatic heterocycles. The molecular weight excluding hydrogens is 250 g/mol. The van der Waals surface area contributed by atoms with Crippen LogP contribution in [0.4, 0.5) is 0 Å². The molecule has 5 heteroatoms. The van der Waals surface area contributed by atoms with Gasteiger partial charge in [0.05, 0.1) is 12.9 Å². The van der Waals surface area contributed by atoms with Crippen molar-refractivity contribution in [1.82, 2.24) is 4.31 Å². The number of hydrogen-bond acceptors (Lipinski definition) is 3. The Bertz CT molecular complexity index is 513. The molecule has 0 bridgehead atoms. The van der Waals surface area contributed by atoms with E-state index >= 15 is 0 Å². The van der Waals surface area contributed by atoms with Crippen LogP contribution in [0.5, 0.6) is 5.75 Å². The van der Waals surface area contributed by atoms with Crippen molar-refractivity contribution in [3.63, 3.8) is 0 Å². The van der Waals surface area contributed by atoms with Crippen molar-refractivity contribution >= 4 is 10.0 Å². The predicted octanol–water partition coefficient (Wildman–Crippen LogP) is 2.18. The molecule has 1 atom stereocenters. The van der Waals surface area contributed by atoms with Crippen molar-refractivity contribution < 1.29 is 13.2 Å². The summed E-state index contributed by atoms with van der Waals surface area (Å²) in [6, 6.07) is 7.63. The average Bonchev–Trinajstić information content (AvgIpc) is 2.89. The molecule has 1 fully saturated rings. The molecule has 2 rings (SSSR count). The summed E-state index contributed by atoms with van der Waals surface area (Å²) >= 11 is 0. The number of rotatable bonds is 4. The van der Waals surface area contributed by atoms with Gasteiger partial charge in [-0.05, 0) is 37.5 Å². The first kappa shape index (κ1) is 13.4. The van der Waals surface area contributed by atoms with E-state index in [1.165, 1.54) is 0 Å². The molecule has 0 saturated carbocycles. The third kappa shape index (κ3) is 2.52. The number of methoxy groups -OCH3 is 1. The predicted molar refractivity (Wildman–Crippen MR) is 71.1 cm³/mol. The van der Waals surface area contributed by atoms with Crippen LogP contribution in [-0.2, 0) is 10.0 Å². The first-order chi connectivity index (χ1) is 8.58. The van der Waals surface area contributed by atoms with Crippen LogP contribution in [0.3, 0.4) is 0 Å². The Balaban J connectivity index is 2.31. The number of ether oxygens (including phenoxy) is 1. The van der Waals surface area contributed by atoms with E-state index in [4.69, 9.17) is 4.74 Å². The van der Waals surface area contributed by atoms with Crippen LogP contribution in [0.2, 0.25) is 0 Å². The van der Waals surface area contributed by atoms with Crippen LogP contribution < -0.4 is 4.74 Å². The second kappa shape index (κ2) is 5.28. The van der Waals surface area contributed by atoms with Crippen LogP contribution in [0, 0.1) is 0 Å². The fourth-order valence-corrected chi connectivity index (χ4v) is 3.77. The average molecular weight is 269 g/mol. The number of sulfonamides is 1. The molecule has 1 unspecified atom stereocenters. The molecule has 1 aromatic rings. The van der Waals surface area contributed by atoms with E-state index in [1.54, 1.807) is 18.3 Å². The highest BCUT2D eigenvalue weighted by Gasteiger charge is 2.33. The Morgan fingerprint density at radius 3 is 2.89 bits per heavy atom. The zero-order valence-electron chi connectivity index (χ0n) is 10.8. The van der Waals surface area contributed by atoms with E-state index in [2.05, 4.69) is 0 Å². The van der Waals surface area contributed by atoms with Gasteiger partial charge in [0.25, 0.3) is 0 Å². The summed E-state index contributed by atoms with van der Waals surface area (Å²) in [4.78, 5) is 0. The molecule has 0 aliphatic carbocycles. The van der Waals surface area contributed by atoms with E-state index in [0.717, 1.165) is 24.2 Å². The highest BCUT2D eigenvalue weighted by atomic mass is 32.2. The molecule has 4 nitrogen and oxygen atoms in total. The van der Waals surface area contributed by atoms with Crippen molar-refractivity contribution in [3.05, 3.63) is 29.8 Å². The highest BCUT2D eigenvalue weighted by Crippen LogP contribution is 2.35. The quantitative estimate of drug-likeness (QED) is 0.841. The van der Waals surface area contributed by atoms with Gasteiger partial charge in [0.15, 0.2) is 0 Å². The Labute approximate surface area is 109 Å². The molecule has 1 aromatic carbocycles. The smallest absolute Gasteiger partial charge is 0.214 e. The summed E-state index contributed by atoms with van der Waals surface area (Å²) in [7, 11) is -1.50. The van der Waals surface area contributed by atoms with Gasteiger partial charge in [-0.1, -0.05) is 12.1 Å². The molecule has 1 aliphatic rings. The van der Waals surface area contributed by atoms with E-state index in [1.807, 2.05) is 24.3 Å². The number of benzene rings is 1. The number of hydrogen-bond donors (Lipinski definition) is 0. The lowest BCUT2D eigenvalue weighted by Gasteiger charge is -2.24. The van der Waals surface area contributed by atoms with Gasteiger partial charge in [-0.2, -0.15) is 4.31 Å². The van der Waals surface area contributed by atoms with Gasteiger partial charge in [0.2, 0.25) is 10.0 Å². The van der Waals surface area contributed by atoms with Crippen molar-refractivity contribution in [2.75, 3.05) is 19.4 Å². The van der Waals surface area contributed by atoms with Gasteiger partial charge in [-0.15, -0.1) is 0 Å². The van der Waals surface area contributed by atoms with Gasteiger partial charge < -0.3 is 4.74 Å². The summed E-state index contributed by atoms with van der Waals surface area (Å²) in [5.41, 5.74) is 1.02. The maximum atomic E-state index is 12.0. The molecule has 1 saturated heterocycles. The summed E-state index contributed by atoms with van der Waals surface area (Å²) in [5.74, 6) is 0.932. The van der Waals surface area contributed by atoms with Gasteiger partial charge in [0.1, 0.15) is 5.75 Å². The van der Waals surface area contributed by atoms with Crippen LogP contribution >= 0.6 is 0 Å². The van der Waals surface area contributed by atoms with Crippen LogP contribution in [0.25, 0.3) is 0 Å². The van der Waals surface area contributed by atoms with Crippen LogP contribution in [-0.4, -0.2) is 32.1 Å². The molecule has 0 radical (unpaired) electrons. The lowest BCUT2D eigenvalue weighted by atomic mass is 10.1. The normalized spacial score (nSPS) is 21.1. The van der Waals surface area contributed by atoms with Crippen molar-refractivity contribution in [1.29, 1.82) is 0 Å².